The Balaban J connectivity index is 0. The molecule has 0 bridgehead atoms. The molecule has 2 heterocycles. The van der Waals surface area contributed by atoms with Crippen molar-refractivity contribution in [2.45, 2.75) is 42.4 Å². The number of hydrogen-bond donors (Lipinski definition) is 5. The van der Waals surface area contributed by atoms with Gasteiger partial charge < -0.3 is 44.5 Å². The number of ether oxygens (including phenoxy) is 4. The van der Waals surface area contributed by atoms with E-state index in [1.807, 2.05) is 0 Å². The molecule has 2 saturated heterocycles. The number of aliphatic hydroxyl groups excluding tert-OH is 5. The number of hydrogen-bond acceptors (Lipinski definition) is 15. The van der Waals surface area contributed by atoms with Gasteiger partial charge in [-0.1, -0.05) is 0 Å². The summed E-state index contributed by atoms with van der Waals surface area (Å²) >= 11 is -3.86. The van der Waals surface area contributed by atoms with Crippen LogP contribution >= 0.6 is 0 Å². The van der Waals surface area contributed by atoms with E-state index in [1.54, 1.807) is 6.92 Å². The van der Waals surface area contributed by atoms with Crippen molar-refractivity contribution in [3.63, 3.8) is 0 Å². The maximum absolute atomic E-state index is 11.6. The van der Waals surface area contributed by atoms with E-state index in [4.69, 9.17) is 39.7 Å². The standard InChI is InChI=1S/C9H18O6.C3H6O2.C2H6O.2CHF3O3S.Sn/c10-1-7(12)3-14-8(2-11)4-13-5-9-6-15-9;4-1-3-2-5-3;1-2-3;2*2-1(3,4)8(5,6)7;/h7-12H,1-6H2;3-4H,1-2H2;3H,2H2,1H3;2*(H,5,6,7);/q;;;;;+2/p-2. The van der Waals surface area contributed by atoms with Crippen LogP contribution in [0.4, 0.5) is 26.3 Å². The molecule has 40 heavy (non-hydrogen) atoms. The summed E-state index contributed by atoms with van der Waals surface area (Å²) in [6.45, 7) is 3.84. The van der Waals surface area contributed by atoms with Gasteiger partial charge in [-0.05, 0) is 6.92 Å². The fourth-order valence-corrected chi connectivity index (χ4v) is 5.66. The summed E-state index contributed by atoms with van der Waals surface area (Å²) in [6.07, 6.45) is -1.00. The molecule has 0 aliphatic carbocycles. The van der Waals surface area contributed by atoms with Crippen LogP contribution in [0, 0.1) is 0 Å². The number of aliphatic hydroxyl groups is 5. The van der Waals surface area contributed by atoms with Crippen molar-refractivity contribution in [2.24, 2.45) is 0 Å². The van der Waals surface area contributed by atoms with Gasteiger partial charge in [0.25, 0.3) is 0 Å². The third-order valence-corrected chi connectivity index (χ3v) is 10.0. The Morgan fingerprint density at radius 3 is 1.55 bits per heavy atom. The normalized spacial score (nSPS) is 20.0. The zero-order valence-corrected chi connectivity index (χ0v) is 25.1. The molecule has 2 aliphatic rings. The maximum Gasteiger partial charge on any atom is 0.104 e. The van der Waals surface area contributed by atoms with E-state index >= 15 is 0 Å². The van der Waals surface area contributed by atoms with Crippen molar-refractivity contribution in [3.05, 3.63) is 0 Å². The van der Waals surface area contributed by atoms with Crippen molar-refractivity contribution in [1.29, 1.82) is 0 Å². The second-order valence-electron chi connectivity index (χ2n) is 6.97. The molecule has 0 saturated carbocycles. The van der Waals surface area contributed by atoms with Crippen molar-refractivity contribution < 1.29 is 92.7 Å². The summed E-state index contributed by atoms with van der Waals surface area (Å²) in [5, 5.41) is 42.1. The molecule has 242 valence electrons. The molecule has 4 unspecified atom stereocenters. The van der Waals surface area contributed by atoms with Crippen LogP contribution in [0.5, 0.6) is 0 Å². The van der Waals surface area contributed by atoms with Crippen LogP contribution in [0.25, 0.3) is 0 Å². The molecule has 0 aromatic heterocycles. The molecule has 4 atom stereocenters. The van der Waals surface area contributed by atoms with Gasteiger partial charge in [0.2, 0.25) is 0 Å². The second kappa shape index (κ2) is 20.7. The van der Waals surface area contributed by atoms with Gasteiger partial charge in [-0.15, -0.1) is 0 Å². The first-order valence-corrected chi connectivity index (χ1v) is 15.7. The summed E-state index contributed by atoms with van der Waals surface area (Å²) in [6, 6.07) is 0. The van der Waals surface area contributed by atoms with Gasteiger partial charge in [0.15, 0.2) is 0 Å². The van der Waals surface area contributed by atoms with Crippen molar-refractivity contribution in [2.75, 3.05) is 59.5 Å². The Morgan fingerprint density at radius 2 is 1.27 bits per heavy atom. The number of rotatable bonds is 14. The molecule has 2 radical (unpaired) electrons. The van der Waals surface area contributed by atoms with Gasteiger partial charge in [0, 0.05) is 6.61 Å². The minimum Gasteiger partial charge on any atom is -0.394 e. The van der Waals surface area contributed by atoms with E-state index in [9.17, 15) is 43.2 Å². The van der Waals surface area contributed by atoms with Crippen LogP contribution in [0.15, 0.2) is 0 Å². The fraction of sp³-hybridized carbons (Fsp3) is 1.00. The van der Waals surface area contributed by atoms with Crippen molar-refractivity contribution in [1.82, 2.24) is 0 Å². The van der Waals surface area contributed by atoms with Crippen LogP contribution in [0.1, 0.15) is 6.92 Å². The molecule has 2 rings (SSSR count). The summed E-state index contributed by atoms with van der Waals surface area (Å²) < 4.78 is 136. The van der Waals surface area contributed by atoms with Gasteiger partial charge in [0.05, 0.1) is 52.9 Å². The second-order valence-corrected chi connectivity index (χ2v) is 13.4. The smallest absolute Gasteiger partial charge is 0.104 e. The van der Waals surface area contributed by atoms with Crippen LogP contribution in [-0.2, 0) is 44.2 Å². The molecular weight excluding hydrogens is 729 g/mol. The summed E-state index contributed by atoms with van der Waals surface area (Å²) in [5.74, 6) is 0. The van der Waals surface area contributed by atoms with Crippen molar-refractivity contribution >= 4 is 42.2 Å². The molecule has 0 amide bonds. The zero-order valence-electron chi connectivity index (χ0n) is 20.6. The quantitative estimate of drug-likeness (QED) is 0.0546. The summed E-state index contributed by atoms with van der Waals surface area (Å²) in [7, 11) is -12.3. The first-order chi connectivity index (χ1) is 18.3. The minimum atomic E-state index is -6.15. The van der Waals surface area contributed by atoms with Gasteiger partial charge >= 0.3 is 101 Å². The largest absolute Gasteiger partial charge is 0.394 e. The average Bonchev–Trinajstić information content (AvgIpc) is 3.75. The average molecular weight is 759 g/mol. The van der Waals surface area contributed by atoms with Gasteiger partial charge in [-0.3, -0.25) is 0 Å². The van der Waals surface area contributed by atoms with E-state index < -0.39 is 65.4 Å². The summed E-state index contributed by atoms with van der Waals surface area (Å²) in [4.78, 5) is 0. The first-order valence-electron chi connectivity index (χ1n) is 10.6. The number of epoxide rings is 2. The van der Waals surface area contributed by atoms with Gasteiger partial charge in [0.1, 0.15) is 24.4 Å². The van der Waals surface area contributed by atoms with Gasteiger partial charge in [-0.25, -0.2) is 0 Å². The Morgan fingerprint density at radius 1 is 0.850 bits per heavy atom. The molecule has 0 aromatic carbocycles. The third kappa shape index (κ3) is 21.5. The molecule has 5 N–H and O–H groups in total. The maximum atomic E-state index is 11.6. The first kappa shape index (κ1) is 42.0. The topological polar surface area (TPSA) is 231 Å². The van der Waals surface area contributed by atoms with Crippen LogP contribution in [0.3, 0.4) is 0 Å². The SMILES string of the molecule is CCO.O=S(=O)([O][Sn][O]S(=O)(=O)C(F)(F)F)C(F)(F)F.OCC(O)COC(CO)COCC1CO1.OCC1CO1. The Hall–Kier alpha value is -0.161. The van der Waals surface area contributed by atoms with Crippen LogP contribution in [-0.4, -0.2) is 159 Å². The Kier molecular flexibility index (Phi) is 21.7. The predicted molar refractivity (Wildman–Crippen MR) is 118 cm³/mol. The zero-order chi connectivity index (χ0) is 31.6. The molecule has 15 nitrogen and oxygen atoms in total. The van der Waals surface area contributed by atoms with E-state index in [1.165, 1.54) is 0 Å². The van der Waals surface area contributed by atoms with E-state index in [0.717, 1.165) is 13.2 Å². The van der Waals surface area contributed by atoms with E-state index in [0.29, 0.717) is 6.61 Å². The molecule has 2 fully saturated rings. The number of halogens is 6. The molecule has 2 aliphatic heterocycles. The molecule has 24 heteroatoms. The van der Waals surface area contributed by atoms with Crippen LogP contribution < -0.4 is 0 Å². The van der Waals surface area contributed by atoms with E-state index in [-0.39, 0.29) is 51.8 Å². The van der Waals surface area contributed by atoms with Crippen molar-refractivity contribution in [3.8, 4) is 0 Å². The monoisotopic (exact) mass is 760 g/mol. The van der Waals surface area contributed by atoms with Crippen LogP contribution in [0.2, 0.25) is 0 Å². The van der Waals surface area contributed by atoms with Gasteiger partial charge in [-0.2, -0.15) is 0 Å². The number of alkyl halides is 6. The molecule has 0 aromatic rings. The third-order valence-electron chi connectivity index (χ3n) is 3.41. The fourth-order valence-electron chi connectivity index (χ4n) is 1.32. The molecular formula is C16H30F6O15S2Sn. The predicted octanol–water partition coefficient (Wildman–Crippen LogP) is -2.24. The minimum absolute atomic E-state index is 0.00891. The molecule has 0 spiro atoms. The van der Waals surface area contributed by atoms with E-state index in [2.05, 4.69) is 9.78 Å². The Labute approximate surface area is 236 Å². The Bertz CT molecular complexity index is 808. The summed E-state index contributed by atoms with van der Waals surface area (Å²) in [5.41, 5.74) is -11.7.